The van der Waals surface area contributed by atoms with Crippen LogP contribution in [0.25, 0.3) is 16.9 Å². The Morgan fingerprint density at radius 2 is 2.00 bits per heavy atom. The van der Waals surface area contributed by atoms with E-state index in [1.165, 1.54) is 6.20 Å². The Hall–Kier alpha value is -1.94. The predicted molar refractivity (Wildman–Crippen MR) is 61.7 cm³/mol. The van der Waals surface area contributed by atoms with E-state index in [4.69, 9.17) is 11.6 Å². The van der Waals surface area contributed by atoms with Crippen LogP contribution < -0.4 is 0 Å². The fourth-order valence-corrected chi connectivity index (χ4v) is 1.73. The maximum absolute atomic E-state index is 5.81. The monoisotopic (exact) mass is 230 g/mol. The topological polar surface area (TPSA) is 43.6 Å². The molecule has 0 spiro atoms. The third kappa shape index (κ3) is 1.44. The summed E-state index contributed by atoms with van der Waals surface area (Å²) in [4.78, 5) is 12.5. The second kappa shape index (κ2) is 3.57. The molecule has 3 rings (SSSR count). The number of aromatic nitrogens is 4. The van der Waals surface area contributed by atoms with E-state index in [2.05, 4.69) is 15.0 Å². The average Bonchev–Trinajstić information content (AvgIpc) is 2.72. The minimum absolute atomic E-state index is 0.371. The lowest BCUT2D eigenvalue weighted by molar-refractivity contribution is 0.996. The van der Waals surface area contributed by atoms with E-state index < -0.39 is 0 Å². The minimum atomic E-state index is 0.371. The number of benzene rings is 1. The molecule has 0 aliphatic heterocycles. The number of para-hydroxylation sites is 2. The highest BCUT2D eigenvalue weighted by Crippen LogP contribution is 2.16. The smallest absolute Gasteiger partial charge is 0.158 e. The van der Waals surface area contributed by atoms with Crippen molar-refractivity contribution in [1.82, 2.24) is 19.5 Å². The van der Waals surface area contributed by atoms with Crippen molar-refractivity contribution in [2.24, 2.45) is 0 Å². The quantitative estimate of drug-likeness (QED) is 0.645. The Morgan fingerprint density at radius 3 is 2.88 bits per heavy atom. The number of rotatable bonds is 1. The number of nitrogens with zero attached hydrogens (tertiary/aromatic N) is 4. The molecule has 3 aromatic rings. The molecule has 0 saturated carbocycles. The molecule has 0 amide bonds. The average molecular weight is 231 g/mol. The molecular formula is C11H7ClN4. The number of hydrogen-bond acceptors (Lipinski definition) is 3. The standard InChI is InChI=1S/C11H7ClN4/c12-10-5-13-6-11(15-10)16-7-14-8-3-1-2-4-9(8)16/h1-7H. The van der Waals surface area contributed by atoms with Gasteiger partial charge in [-0.15, -0.1) is 0 Å². The van der Waals surface area contributed by atoms with Gasteiger partial charge in [-0.25, -0.2) is 9.97 Å². The fraction of sp³-hybridized carbons (Fsp3) is 0. The van der Waals surface area contributed by atoms with E-state index in [9.17, 15) is 0 Å². The number of hydrogen-bond donors (Lipinski definition) is 0. The number of halogens is 1. The lowest BCUT2D eigenvalue weighted by Crippen LogP contribution is -1.96. The van der Waals surface area contributed by atoms with Crippen LogP contribution in [0.15, 0.2) is 43.0 Å². The van der Waals surface area contributed by atoms with Gasteiger partial charge in [0.2, 0.25) is 0 Å². The summed E-state index contributed by atoms with van der Waals surface area (Å²) in [6, 6.07) is 7.83. The molecular weight excluding hydrogens is 224 g/mol. The highest BCUT2D eigenvalue weighted by Gasteiger charge is 2.05. The van der Waals surface area contributed by atoms with Crippen LogP contribution in [-0.4, -0.2) is 19.5 Å². The molecule has 16 heavy (non-hydrogen) atoms. The summed E-state index contributed by atoms with van der Waals surface area (Å²) in [7, 11) is 0. The summed E-state index contributed by atoms with van der Waals surface area (Å²) in [5.74, 6) is 0.668. The molecule has 1 aromatic carbocycles. The predicted octanol–water partition coefficient (Wildman–Crippen LogP) is 2.47. The Morgan fingerprint density at radius 1 is 1.12 bits per heavy atom. The molecule has 0 atom stereocenters. The van der Waals surface area contributed by atoms with Crippen molar-refractivity contribution in [3.05, 3.63) is 48.1 Å². The summed E-state index contributed by atoms with van der Waals surface area (Å²) in [5, 5.41) is 0.371. The molecule has 2 heterocycles. The van der Waals surface area contributed by atoms with Crippen molar-refractivity contribution in [3.8, 4) is 5.82 Å². The second-order valence-electron chi connectivity index (χ2n) is 3.30. The van der Waals surface area contributed by atoms with Gasteiger partial charge in [0.15, 0.2) is 5.82 Å². The highest BCUT2D eigenvalue weighted by molar-refractivity contribution is 6.29. The van der Waals surface area contributed by atoms with Gasteiger partial charge in [-0.1, -0.05) is 23.7 Å². The normalized spacial score (nSPS) is 10.8. The van der Waals surface area contributed by atoms with Gasteiger partial charge in [-0.2, -0.15) is 0 Å². The van der Waals surface area contributed by atoms with E-state index in [-0.39, 0.29) is 0 Å². The molecule has 5 heteroatoms. The molecule has 0 fully saturated rings. The van der Waals surface area contributed by atoms with Gasteiger partial charge < -0.3 is 0 Å². The lowest BCUT2D eigenvalue weighted by Gasteiger charge is -2.01. The molecule has 0 aliphatic carbocycles. The SMILES string of the molecule is Clc1cncc(-n2cnc3ccccc32)n1. The van der Waals surface area contributed by atoms with Crippen LogP contribution in [0.5, 0.6) is 0 Å². The van der Waals surface area contributed by atoms with Crippen molar-refractivity contribution in [1.29, 1.82) is 0 Å². The van der Waals surface area contributed by atoms with Crippen LogP contribution >= 0.6 is 11.6 Å². The molecule has 4 nitrogen and oxygen atoms in total. The van der Waals surface area contributed by atoms with Gasteiger partial charge in [0.1, 0.15) is 11.5 Å². The first kappa shape index (κ1) is 9.30. The van der Waals surface area contributed by atoms with E-state index in [0.717, 1.165) is 11.0 Å². The van der Waals surface area contributed by atoms with Crippen LogP contribution in [-0.2, 0) is 0 Å². The highest BCUT2D eigenvalue weighted by atomic mass is 35.5. The molecule has 0 aliphatic rings. The zero-order chi connectivity index (χ0) is 11.0. The Labute approximate surface area is 96.6 Å². The third-order valence-electron chi connectivity index (χ3n) is 2.29. The van der Waals surface area contributed by atoms with Crippen molar-refractivity contribution in [3.63, 3.8) is 0 Å². The van der Waals surface area contributed by atoms with Crippen LogP contribution in [0, 0.1) is 0 Å². The van der Waals surface area contributed by atoms with Crippen LogP contribution in [0.1, 0.15) is 0 Å². The Balaban J connectivity index is 2.26. The second-order valence-corrected chi connectivity index (χ2v) is 3.69. The lowest BCUT2D eigenvalue weighted by atomic mass is 10.3. The maximum atomic E-state index is 5.81. The first-order valence-electron chi connectivity index (χ1n) is 4.74. The van der Waals surface area contributed by atoms with Crippen LogP contribution in [0.2, 0.25) is 5.15 Å². The van der Waals surface area contributed by atoms with E-state index in [1.807, 2.05) is 28.8 Å². The molecule has 2 aromatic heterocycles. The molecule has 78 valence electrons. The van der Waals surface area contributed by atoms with Crippen LogP contribution in [0.3, 0.4) is 0 Å². The Bertz CT molecular complexity index is 647. The summed E-state index contributed by atoms with van der Waals surface area (Å²) >= 11 is 5.81. The van der Waals surface area contributed by atoms with Gasteiger partial charge in [-0.05, 0) is 12.1 Å². The summed E-state index contributed by atoms with van der Waals surface area (Å²) in [6.07, 6.45) is 4.87. The number of imidazole rings is 1. The van der Waals surface area contributed by atoms with Gasteiger partial charge in [-0.3, -0.25) is 9.55 Å². The third-order valence-corrected chi connectivity index (χ3v) is 2.47. The van der Waals surface area contributed by atoms with Crippen molar-refractivity contribution in [2.75, 3.05) is 0 Å². The maximum Gasteiger partial charge on any atom is 0.158 e. The zero-order valence-electron chi connectivity index (χ0n) is 8.21. The molecule has 0 radical (unpaired) electrons. The van der Waals surface area contributed by atoms with Gasteiger partial charge in [0, 0.05) is 0 Å². The summed E-state index contributed by atoms with van der Waals surface area (Å²) < 4.78 is 1.86. The van der Waals surface area contributed by atoms with E-state index >= 15 is 0 Å². The van der Waals surface area contributed by atoms with Crippen molar-refractivity contribution >= 4 is 22.6 Å². The molecule has 0 bridgehead atoms. The van der Waals surface area contributed by atoms with E-state index in [0.29, 0.717) is 11.0 Å². The fourth-order valence-electron chi connectivity index (χ4n) is 1.59. The van der Waals surface area contributed by atoms with Crippen LogP contribution in [0.4, 0.5) is 0 Å². The zero-order valence-corrected chi connectivity index (χ0v) is 8.96. The van der Waals surface area contributed by atoms with Crippen molar-refractivity contribution in [2.45, 2.75) is 0 Å². The van der Waals surface area contributed by atoms with E-state index in [1.54, 1.807) is 12.5 Å². The summed E-state index contributed by atoms with van der Waals surface area (Å²) in [6.45, 7) is 0. The van der Waals surface area contributed by atoms with Crippen molar-refractivity contribution < 1.29 is 0 Å². The molecule has 0 saturated heterocycles. The Kier molecular flexibility index (Phi) is 2.08. The summed E-state index contributed by atoms with van der Waals surface area (Å²) in [5.41, 5.74) is 1.91. The first-order chi connectivity index (χ1) is 7.84. The largest absolute Gasteiger partial charge is 0.282 e. The first-order valence-corrected chi connectivity index (χ1v) is 5.12. The van der Waals surface area contributed by atoms with Gasteiger partial charge in [0.25, 0.3) is 0 Å². The minimum Gasteiger partial charge on any atom is -0.282 e. The molecule has 0 unspecified atom stereocenters. The van der Waals surface area contributed by atoms with Gasteiger partial charge >= 0.3 is 0 Å². The molecule has 0 N–H and O–H groups in total. The van der Waals surface area contributed by atoms with Gasteiger partial charge in [0.05, 0.1) is 23.4 Å². The number of fused-ring (bicyclic) bond motifs is 1.